The van der Waals surface area contributed by atoms with Gasteiger partial charge in [-0.25, -0.2) is 0 Å². The van der Waals surface area contributed by atoms with Crippen LogP contribution in [-0.4, -0.2) is 55.6 Å². The van der Waals surface area contributed by atoms with Crippen molar-refractivity contribution in [3.63, 3.8) is 0 Å². The number of furan rings is 1. The highest BCUT2D eigenvalue weighted by Crippen LogP contribution is 2.28. The van der Waals surface area contributed by atoms with Gasteiger partial charge in [-0.2, -0.15) is 0 Å². The van der Waals surface area contributed by atoms with E-state index in [1.165, 1.54) is 6.92 Å². The molecule has 2 fully saturated rings. The van der Waals surface area contributed by atoms with E-state index in [0.29, 0.717) is 19.8 Å². The Morgan fingerprint density at radius 2 is 1.93 bits per heavy atom. The lowest BCUT2D eigenvalue weighted by molar-refractivity contribution is -0.129. The molecule has 27 heavy (non-hydrogen) atoms. The molecule has 1 saturated heterocycles. The van der Waals surface area contributed by atoms with E-state index in [1.54, 1.807) is 0 Å². The molecular formula is C20H31N3O4. The van der Waals surface area contributed by atoms with Crippen LogP contribution in [0.1, 0.15) is 50.2 Å². The maximum Gasteiger partial charge on any atom is 0.242 e. The Morgan fingerprint density at radius 1 is 1.22 bits per heavy atom. The van der Waals surface area contributed by atoms with Crippen molar-refractivity contribution >= 4 is 11.8 Å². The molecule has 1 aliphatic carbocycles. The maximum absolute atomic E-state index is 12.9. The van der Waals surface area contributed by atoms with E-state index < -0.39 is 6.04 Å². The summed E-state index contributed by atoms with van der Waals surface area (Å²) in [6, 6.07) is 3.44. The fourth-order valence-electron chi connectivity index (χ4n) is 4.15. The fraction of sp³-hybridized carbons (Fsp3) is 0.700. The van der Waals surface area contributed by atoms with Crippen LogP contribution in [0.25, 0.3) is 0 Å². The van der Waals surface area contributed by atoms with Gasteiger partial charge in [0.05, 0.1) is 19.3 Å². The van der Waals surface area contributed by atoms with Crippen molar-refractivity contribution in [3.05, 3.63) is 23.7 Å². The van der Waals surface area contributed by atoms with E-state index in [-0.39, 0.29) is 23.8 Å². The Hall–Kier alpha value is -1.86. The van der Waals surface area contributed by atoms with Crippen LogP contribution in [0.15, 0.2) is 16.5 Å². The molecule has 2 unspecified atom stereocenters. The summed E-state index contributed by atoms with van der Waals surface area (Å²) in [5, 5.41) is 5.93. The molecule has 2 N–H and O–H groups in total. The second-order valence-electron chi connectivity index (χ2n) is 7.58. The van der Waals surface area contributed by atoms with Crippen LogP contribution in [0.4, 0.5) is 0 Å². The van der Waals surface area contributed by atoms with E-state index in [2.05, 4.69) is 15.5 Å². The van der Waals surface area contributed by atoms with Gasteiger partial charge in [-0.05, 0) is 37.8 Å². The topological polar surface area (TPSA) is 83.8 Å². The number of carbonyl (C=O) groups is 2. The zero-order valence-corrected chi connectivity index (χ0v) is 16.3. The van der Waals surface area contributed by atoms with E-state index in [9.17, 15) is 9.59 Å². The number of morpholine rings is 1. The van der Waals surface area contributed by atoms with Crippen molar-refractivity contribution in [2.75, 3.05) is 32.8 Å². The number of hydrogen-bond acceptors (Lipinski definition) is 5. The smallest absolute Gasteiger partial charge is 0.242 e. The molecule has 1 aliphatic heterocycles. The second kappa shape index (κ2) is 9.37. The minimum atomic E-state index is -0.450. The molecular weight excluding hydrogens is 346 g/mol. The second-order valence-corrected chi connectivity index (χ2v) is 7.58. The van der Waals surface area contributed by atoms with Crippen molar-refractivity contribution in [3.8, 4) is 0 Å². The molecule has 1 aromatic rings. The quantitative estimate of drug-likeness (QED) is 0.757. The molecule has 1 saturated carbocycles. The minimum absolute atomic E-state index is 0.0342. The number of rotatable bonds is 7. The lowest BCUT2D eigenvalue weighted by atomic mass is 9.97. The molecule has 150 valence electrons. The van der Waals surface area contributed by atoms with Crippen LogP contribution in [0.3, 0.4) is 0 Å². The van der Waals surface area contributed by atoms with Gasteiger partial charge >= 0.3 is 0 Å². The number of nitrogens with zero attached hydrogens (tertiary/aromatic N) is 1. The summed E-state index contributed by atoms with van der Waals surface area (Å²) in [7, 11) is 0. The first-order chi connectivity index (χ1) is 13.0. The number of aryl methyl sites for hydroxylation is 1. The zero-order chi connectivity index (χ0) is 19.2. The summed E-state index contributed by atoms with van der Waals surface area (Å²) in [6.45, 7) is 6.81. The van der Waals surface area contributed by atoms with Crippen LogP contribution in [-0.2, 0) is 14.3 Å². The van der Waals surface area contributed by atoms with Crippen molar-refractivity contribution in [2.24, 2.45) is 5.92 Å². The first-order valence-electron chi connectivity index (χ1n) is 9.97. The number of nitrogens with one attached hydrogen (secondary N) is 2. The predicted octanol–water partition coefficient (Wildman–Crippen LogP) is 1.77. The van der Waals surface area contributed by atoms with E-state index in [1.807, 2.05) is 19.1 Å². The monoisotopic (exact) mass is 377 g/mol. The van der Waals surface area contributed by atoms with Gasteiger partial charge in [0.15, 0.2) is 0 Å². The van der Waals surface area contributed by atoms with E-state index >= 15 is 0 Å². The fourth-order valence-corrected chi connectivity index (χ4v) is 4.15. The first kappa shape index (κ1) is 19.9. The van der Waals surface area contributed by atoms with Gasteiger partial charge < -0.3 is 19.8 Å². The van der Waals surface area contributed by atoms with E-state index in [4.69, 9.17) is 9.15 Å². The molecule has 2 aliphatic rings. The highest BCUT2D eigenvalue weighted by molar-refractivity contribution is 5.87. The van der Waals surface area contributed by atoms with Gasteiger partial charge in [0, 0.05) is 26.6 Å². The van der Waals surface area contributed by atoms with Gasteiger partial charge in [0.25, 0.3) is 0 Å². The third-order valence-corrected chi connectivity index (χ3v) is 5.56. The lowest BCUT2D eigenvalue weighted by Crippen LogP contribution is -2.52. The summed E-state index contributed by atoms with van der Waals surface area (Å²) < 4.78 is 11.3. The molecule has 1 aromatic heterocycles. The molecule has 2 amide bonds. The average molecular weight is 377 g/mol. The van der Waals surface area contributed by atoms with Gasteiger partial charge in [-0.15, -0.1) is 0 Å². The summed E-state index contributed by atoms with van der Waals surface area (Å²) in [4.78, 5) is 26.8. The summed E-state index contributed by atoms with van der Waals surface area (Å²) in [6.07, 6.45) is 4.22. The Morgan fingerprint density at radius 3 is 2.52 bits per heavy atom. The number of amides is 2. The zero-order valence-electron chi connectivity index (χ0n) is 16.3. The summed E-state index contributed by atoms with van der Waals surface area (Å²) in [5.74, 6) is 1.68. The highest BCUT2D eigenvalue weighted by atomic mass is 16.5. The van der Waals surface area contributed by atoms with Crippen molar-refractivity contribution in [1.29, 1.82) is 0 Å². The van der Waals surface area contributed by atoms with Gasteiger partial charge in [-0.1, -0.05) is 12.8 Å². The maximum atomic E-state index is 12.9. The average Bonchev–Trinajstić information content (AvgIpc) is 3.32. The molecule has 3 rings (SSSR count). The van der Waals surface area contributed by atoms with Crippen LogP contribution in [0.5, 0.6) is 0 Å². The number of ether oxygens (including phenoxy) is 1. The molecule has 0 spiro atoms. The molecule has 2 heterocycles. The normalized spacial score (nSPS) is 21.0. The lowest BCUT2D eigenvalue weighted by Gasteiger charge is -2.34. The first-order valence-corrected chi connectivity index (χ1v) is 9.97. The van der Waals surface area contributed by atoms with Crippen molar-refractivity contribution < 1.29 is 18.7 Å². The molecule has 0 aromatic carbocycles. The van der Waals surface area contributed by atoms with Gasteiger partial charge in [0.2, 0.25) is 11.8 Å². The van der Waals surface area contributed by atoms with Crippen LogP contribution >= 0.6 is 0 Å². The number of carbonyl (C=O) groups excluding carboxylic acids is 2. The van der Waals surface area contributed by atoms with Crippen LogP contribution in [0.2, 0.25) is 0 Å². The number of hydrogen-bond donors (Lipinski definition) is 2. The molecule has 0 bridgehead atoms. The predicted molar refractivity (Wildman–Crippen MR) is 101 cm³/mol. The summed E-state index contributed by atoms with van der Waals surface area (Å²) in [5.41, 5.74) is 0. The van der Waals surface area contributed by atoms with Crippen LogP contribution < -0.4 is 10.6 Å². The Labute approximate surface area is 160 Å². The largest absolute Gasteiger partial charge is 0.465 e. The Bertz CT molecular complexity index is 633. The Balaban J connectivity index is 1.67. The molecule has 7 nitrogen and oxygen atoms in total. The van der Waals surface area contributed by atoms with Gasteiger partial charge in [0.1, 0.15) is 17.6 Å². The standard InChI is InChI=1S/C20H31N3O4/c1-14-7-8-18(27-14)17(23-9-11-26-12-10-23)13-21-20(25)19(22-15(2)24)16-5-3-4-6-16/h7-8,16-17,19H,3-6,9-13H2,1-2H3,(H,21,25)(H,22,24). The molecule has 0 radical (unpaired) electrons. The molecule has 2 atom stereocenters. The SMILES string of the molecule is CC(=O)NC(C(=O)NCC(c1ccc(C)o1)N1CCOCC1)C1CCCC1. The Kier molecular flexibility index (Phi) is 6.90. The van der Waals surface area contributed by atoms with E-state index in [0.717, 1.165) is 50.3 Å². The van der Waals surface area contributed by atoms with Gasteiger partial charge in [-0.3, -0.25) is 14.5 Å². The third kappa shape index (κ3) is 5.32. The van der Waals surface area contributed by atoms with Crippen LogP contribution in [0, 0.1) is 12.8 Å². The third-order valence-electron chi connectivity index (χ3n) is 5.56. The van der Waals surface area contributed by atoms with Crippen molar-refractivity contribution in [2.45, 2.75) is 51.6 Å². The van der Waals surface area contributed by atoms with Crippen molar-refractivity contribution in [1.82, 2.24) is 15.5 Å². The summed E-state index contributed by atoms with van der Waals surface area (Å²) >= 11 is 0. The molecule has 7 heteroatoms. The minimum Gasteiger partial charge on any atom is -0.465 e. The highest BCUT2D eigenvalue weighted by Gasteiger charge is 2.32.